The fourth-order valence-electron chi connectivity index (χ4n) is 3.60. The highest BCUT2D eigenvalue weighted by atomic mass is 15.4. The van der Waals surface area contributed by atoms with Crippen LogP contribution >= 0.6 is 0 Å². The minimum absolute atomic E-state index is 0.217. The fourth-order valence-corrected chi connectivity index (χ4v) is 3.60. The zero-order valence-electron chi connectivity index (χ0n) is 14.3. The SMILES string of the molecule is CC1=Nc2c(-c3ccccc3)c(C)nn2C(c2ccccc2C)C1. The molecule has 1 aliphatic rings. The molecule has 0 saturated carbocycles. The standard InChI is InChI=1S/C21H21N3/c1-14-9-7-8-12-18(14)19-13-15(2)22-21-20(16(3)23-24(19)21)17-10-5-4-6-11-17/h4-12,19H,13H2,1-3H3. The maximum atomic E-state index is 4.87. The van der Waals surface area contributed by atoms with Crippen molar-refractivity contribution in [2.45, 2.75) is 33.2 Å². The molecule has 1 aromatic heterocycles. The maximum absolute atomic E-state index is 4.87. The molecular formula is C21H21N3. The average molecular weight is 315 g/mol. The molecule has 0 N–H and O–H groups in total. The fraction of sp³-hybridized carbons (Fsp3) is 0.238. The second-order valence-corrected chi connectivity index (χ2v) is 6.52. The predicted octanol–water partition coefficient (Wildman–Crippen LogP) is 5.25. The number of aryl methyl sites for hydroxylation is 2. The van der Waals surface area contributed by atoms with Gasteiger partial charge < -0.3 is 0 Å². The van der Waals surface area contributed by atoms with Crippen molar-refractivity contribution in [3.63, 3.8) is 0 Å². The minimum atomic E-state index is 0.217. The highest BCUT2D eigenvalue weighted by Gasteiger charge is 2.28. The molecule has 1 atom stereocenters. The molecule has 0 amide bonds. The minimum Gasteiger partial charge on any atom is -0.239 e. The lowest BCUT2D eigenvalue weighted by atomic mass is 9.96. The number of fused-ring (bicyclic) bond motifs is 1. The first-order chi connectivity index (χ1) is 11.6. The van der Waals surface area contributed by atoms with Gasteiger partial charge in [-0.2, -0.15) is 5.10 Å². The molecule has 0 fully saturated rings. The van der Waals surface area contributed by atoms with Crippen molar-refractivity contribution in [1.29, 1.82) is 0 Å². The highest BCUT2D eigenvalue weighted by Crippen LogP contribution is 2.41. The van der Waals surface area contributed by atoms with Gasteiger partial charge in [0.2, 0.25) is 0 Å². The van der Waals surface area contributed by atoms with Gasteiger partial charge in [0.25, 0.3) is 0 Å². The van der Waals surface area contributed by atoms with E-state index in [9.17, 15) is 0 Å². The maximum Gasteiger partial charge on any atom is 0.159 e. The molecule has 3 aromatic rings. The van der Waals surface area contributed by atoms with E-state index in [0.717, 1.165) is 29.2 Å². The molecule has 24 heavy (non-hydrogen) atoms. The second-order valence-electron chi connectivity index (χ2n) is 6.52. The molecule has 0 bridgehead atoms. The van der Waals surface area contributed by atoms with Crippen molar-refractivity contribution in [2.24, 2.45) is 4.99 Å². The topological polar surface area (TPSA) is 30.2 Å². The van der Waals surface area contributed by atoms with Gasteiger partial charge in [-0.15, -0.1) is 0 Å². The van der Waals surface area contributed by atoms with Crippen molar-refractivity contribution < 1.29 is 0 Å². The van der Waals surface area contributed by atoms with Crippen molar-refractivity contribution >= 4 is 11.5 Å². The van der Waals surface area contributed by atoms with Crippen molar-refractivity contribution in [2.75, 3.05) is 0 Å². The van der Waals surface area contributed by atoms with E-state index in [1.807, 2.05) is 6.07 Å². The van der Waals surface area contributed by atoms with Crippen LogP contribution in [-0.2, 0) is 0 Å². The Morgan fingerprint density at radius 1 is 0.917 bits per heavy atom. The quantitative estimate of drug-likeness (QED) is 0.635. The summed E-state index contributed by atoms with van der Waals surface area (Å²) in [5.74, 6) is 0.982. The third-order valence-corrected chi connectivity index (χ3v) is 4.75. The first-order valence-electron chi connectivity index (χ1n) is 8.39. The normalized spacial score (nSPS) is 16.6. The Labute approximate surface area is 142 Å². The lowest BCUT2D eigenvalue weighted by Gasteiger charge is -2.25. The van der Waals surface area contributed by atoms with Crippen LogP contribution in [0.3, 0.4) is 0 Å². The first-order valence-corrected chi connectivity index (χ1v) is 8.39. The van der Waals surface area contributed by atoms with Gasteiger partial charge >= 0.3 is 0 Å². The van der Waals surface area contributed by atoms with Gasteiger partial charge in [0.15, 0.2) is 5.82 Å². The van der Waals surface area contributed by atoms with Crippen LogP contribution in [-0.4, -0.2) is 15.5 Å². The summed E-state index contributed by atoms with van der Waals surface area (Å²) in [4.78, 5) is 4.87. The molecule has 0 aliphatic carbocycles. The van der Waals surface area contributed by atoms with E-state index in [0.29, 0.717) is 0 Å². The third kappa shape index (κ3) is 2.37. The molecule has 2 heterocycles. The van der Waals surface area contributed by atoms with Crippen LogP contribution in [0.5, 0.6) is 0 Å². The summed E-state index contributed by atoms with van der Waals surface area (Å²) in [7, 11) is 0. The summed E-state index contributed by atoms with van der Waals surface area (Å²) in [5, 5.41) is 4.87. The van der Waals surface area contributed by atoms with Crippen LogP contribution in [0.25, 0.3) is 11.1 Å². The highest BCUT2D eigenvalue weighted by molar-refractivity contribution is 5.90. The Morgan fingerprint density at radius 2 is 1.62 bits per heavy atom. The van der Waals surface area contributed by atoms with Gasteiger partial charge in [-0.3, -0.25) is 0 Å². The molecule has 0 radical (unpaired) electrons. The van der Waals surface area contributed by atoms with E-state index in [-0.39, 0.29) is 6.04 Å². The van der Waals surface area contributed by atoms with E-state index in [1.165, 1.54) is 16.7 Å². The summed E-state index contributed by atoms with van der Waals surface area (Å²) in [6.07, 6.45) is 0.910. The number of hydrogen-bond donors (Lipinski definition) is 0. The number of benzene rings is 2. The Balaban J connectivity index is 1.92. The molecule has 0 spiro atoms. The van der Waals surface area contributed by atoms with Gasteiger partial charge in [-0.05, 0) is 37.5 Å². The van der Waals surface area contributed by atoms with Crippen LogP contribution in [0.2, 0.25) is 0 Å². The number of aromatic nitrogens is 2. The first kappa shape index (κ1) is 14.9. The summed E-state index contributed by atoms with van der Waals surface area (Å²) < 4.78 is 2.12. The van der Waals surface area contributed by atoms with Crippen LogP contribution in [0, 0.1) is 13.8 Å². The molecule has 120 valence electrons. The van der Waals surface area contributed by atoms with E-state index in [1.54, 1.807) is 0 Å². The lowest BCUT2D eigenvalue weighted by molar-refractivity contribution is 0.526. The van der Waals surface area contributed by atoms with Crippen LogP contribution in [0.1, 0.15) is 36.2 Å². The van der Waals surface area contributed by atoms with E-state index in [4.69, 9.17) is 10.1 Å². The molecular weight excluding hydrogens is 294 g/mol. The third-order valence-electron chi connectivity index (χ3n) is 4.75. The Hall–Kier alpha value is -2.68. The number of aliphatic imine (C=N–C) groups is 1. The van der Waals surface area contributed by atoms with Gasteiger partial charge in [-0.1, -0.05) is 54.6 Å². The smallest absolute Gasteiger partial charge is 0.159 e. The molecule has 4 rings (SSSR count). The monoisotopic (exact) mass is 315 g/mol. The number of nitrogens with zero attached hydrogens (tertiary/aromatic N) is 3. The second kappa shape index (κ2) is 5.75. The van der Waals surface area contributed by atoms with Gasteiger partial charge in [0.05, 0.1) is 11.7 Å². The van der Waals surface area contributed by atoms with Gasteiger partial charge in [0, 0.05) is 17.7 Å². The number of hydrogen-bond acceptors (Lipinski definition) is 2. The van der Waals surface area contributed by atoms with Crippen LogP contribution in [0.4, 0.5) is 5.82 Å². The van der Waals surface area contributed by atoms with Crippen molar-refractivity contribution in [3.05, 3.63) is 71.4 Å². The summed E-state index contributed by atoms with van der Waals surface area (Å²) in [5.41, 5.74) is 7.15. The summed E-state index contributed by atoms with van der Waals surface area (Å²) >= 11 is 0. The van der Waals surface area contributed by atoms with Crippen LogP contribution < -0.4 is 0 Å². The Kier molecular flexibility index (Phi) is 3.57. The van der Waals surface area contributed by atoms with E-state index >= 15 is 0 Å². The predicted molar refractivity (Wildman–Crippen MR) is 99.1 cm³/mol. The Morgan fingerprint density at radius 3 is 2.38 bits per heavy atom. The Bertz CT molecular complexity index is 920. The molecule has 2 aromatic carbocycles. The molecule has 3 nitrogen and oxygen atoms in total. The molecule has 1 aliphatic heterocycles. The van der Waals surface area contributed by atoms with Gasteiger partial charge in [0.1, 0.15) is 0 Å². The van der Waals surface area contributed by atoms with Crippen molar-refractivity contribution in [1.82, 2.24) is 9.78 Å². The molecule has 1 unspecified atom stereocenters. The summed E-state index contributed by atoms with van der Waals surface area (Å²) in [6, 6.07) is 19.2. The number of rotatable bonds is 2. The zero-order chi connectivity index (χ0) is 16.7. The summed E-state index contributed by atoms with van der Waals surface area (Å²) in [6.45, 7) is 6.36. The molecule has 3 heteroatoms. The van der Waals surface area contributed by atoms with Gasteiger partial charge in [-0.25, -0.2) is 9.67 Å². The molecule has 0 saturated heterocycles. The van der Waals surface area contributed by atoms with E-state index in [2.05, 4.69) is 74.0 Å². The average Bonchev–Trinajstić information content (AvgIpc) is 2.91. The van der Waals surface area contributed by atoms with Crippen LogP contribution in [0.15, 0.2) is 59.6 Å². The lowest BCUT2D eigenvalue weighted by Crippen LogP contribution is -2.19. The largest absolute Gasteiger partial charge is 0.239 e. The zero-order valence-corrected chi connectivity index (χ0v) is 14.3. The van der Waals surface area contributed by atoms with E-state index < -0.39 is 0 Å². The van der Waals surface area contributed by atoms with Crippen molar-refractivity contribution in [3.8, 4) is 11.1 Å².